The third-order valence-corrected chi connectivity index (χ3v) is 14.5. The van der Waals surface area contributed by atoms with Crippen LogP contribution in [0.25, 0.3) is 16.7 Å². The average Bonchev–Trinajstić information content (AvgIpc) is 4.13. The van der Waals surface area contributed by atoms with E-state index in [4.69, 9.17) is 14.5 Å². The molecular weight excluding hydrogens is 835 g/mol. The first-order valence-corrected chi connectivity index (χ1v) is 22.6. The number of aryl methyl sites for hydroxylation is 1. The Morgan fingerprint density at radius 2 is 1.90 bits per heavy atom. The second-order valence-corrected chi connectivity index (χ2v) is 18.3. The summed E-state index contributed by atoms with van der Waals surface area (Å²) in [7, 11) is 1.66. The molecule has 3 atom stereocenters. The second-order valence-electron chi connectivity index (χ2n) is 17.3. The molecule has 330 valence electrons. The Morgan fingerprint density at radius 1 is 1.08 bits per heavy atom. The third kappa shape index (κ3) is 8.13. The van der Waals surface area contributed by atoms with Crippen LogP contribution in [0.3, 0.4) is 0 Å². The summed E-state index contributed by atoms with van der Waals surface area (Å²) in [6.07, 6.45) is 7.42. The number of nitrogens with zero attached hydrogens (tertiary/aromatic N) is 8. The van der Waals surface area contributed by atoms with Crippen molar-refractivity contribution >= 4 is 56.6 Å². The standard InChI is InChI=1S/C44H48F2N10O6S/c1-52-37-26(4-2-6-32(37)56(44(52)60)33-11-12-35(57)49-41(33)59)5-3-19-61-29-13-16-53(17-14-29)22-25-7-9-27(10-8-25)42-50-36(38(45)46)43(63-42)51-40(58)31-21-47-55-18-15-34(48-39(31)55)54-23-30-20-28(54)24-62-30/h2,4,6,15,18,21,25,27-30,33,38H,7-14,16-17,19-20,22-24H2,1H3,(H,51,58)(H,49,57,59)/t25-,27-,28-,30-,33?/m1/s1. The number of fused-ring (bicyclic) bond motifs is 4. The number of amides is 3. The first-order valence-electron chi connectivity index (χ1n) is 21.8. The van der Waals surface area contributed by atoms with Crippen LogP contribution in [0.5, 0.6) is 0 Å². The van der Waals surface area contributed by atoms with E-state index in [9.17, 15) is 28.0 Å². The van der Waals surface area contributed by atoms with Gasteiger partial charge in [0.2, 0.25) is 11.8 Å². The van der Waals surface area contributed by atoms with Crippen molar-refractivity contribution in [1.82, 2.24) is 38.9 Å². The van der Waals surface area contributed by atoms with Gasteiger partial charge in [-0.15, -0.1) is 11.3 Å². The lowest BCUT2D eigenvalue weighted by Gasteiger charge is -2.36. The molecule has 2 bridgehead atoms. The van der Waals surface area contributed by atoms with Gasteiger partial charge in [0.25, 0.3) is 12.3 Å². The van der Waals surface area contributed by atoms with Gasteiger partial charge in [0.15, 0.2) is 5.65 Å². The molecule has 3 amide bonds. The summed E-state index contributed by atoms with van der Waals surface area (Å²) in [5.74, 6) is 6.22. The molecular formula is C44H48F2N10O6S. The van der Waals surface area contributed by atoms with E-state index in [0.717, 1.165) is 88.3 Å². The van der Waals surface area contributed by atoms with E-state index in [0.29, 0.717) is 39.8 Å². The van der Waals surface area contributed by atoms with Crippen LogP contribution in [0.1, 0.15) is 103 Å². The number of nitrogens with one attached hydrogen (secondary N) is 2. The number of piperidine rings is 2. The van der Waals surface area contributed by atoms with Crippen molar-refractivity contribution in [2.75, 3.05) is 49.6 Å². The number of carbonyl (C=O) groups is 3. The van der Waals surface area contributed by atoms with Crippen LogP contribution in [-0.4, -0.2) is 109 Å². The van der Waals surface area contributed by atoms with Crippen LogP contribution < -0.4 is 21.2 Å². The minimum Gasteiger partial charge on any atom is -0.374 e. The Bertz CT molecular complexity index is 2700. The van der Waals surface area contributed by atoms with Gasteiger partial charge < -0.3 is 24.6 Å². The highest BCUT2D eigenvalue weighted by Crippen LogP contribution is 2.42. The number of benzene rings is 1. The summed E-state index contributed by atoms with van der Waals surface area (Å²) in [5.41, 5.74) is 1.73. The van der Waals surface area contributed by atoms with Gasteiger partial charge in [-0.2, -0.15) is 5.10 Å². The van der Waals surface area contributed by atoms with Crippen molar-refractivity contribution in [2.24, 2.45) is 13.0 Å². The quantitative estimate of drug-likeness (QED) is 0.146. The summed E-state index contributed by atoms with van der Waals surface area (Å²) >= 11 is 1.14. The molecule has 4 aliphatic heterocycles. The molecule has 8 heterocycles. The zero-order valence-electron chi connectivity index (χ0n) is 34.8. The number of aromatic nitrogens is 6. The smallest absolute Gasteiger partial charge is 0.329 e. The van der Waals surface area contributed by atoms with E-state index in [-0.39, 0.29) is 65.8 Å². The summed E-state index contributed by atoms with van der Waals surface area (Å²) < 4.78 is 45.0. The van der Waals surface area contributed by atoms with Crippen LogP contribution in [0.15, 0.2) is 41.5 Å². The Balaban J connectivity index is 0.700. The summed E-state index contributed by atoms with van der Waals surface area (Å²) in [6, 6.07) is 6.80. The maximum Gasteiger partial charge on any atom is 0.329 e. The van der Waals surface area contributed by atoms with E-state index in [2.05, 4.69) is 42.4 Å². The van der Waals surface area contributed by atoms with Crippen molar-refractivity contribution in [1.29, 1.82) is 0 Å². The van der Waals surface area contributed by atoms with Gasteiger partial charge in [0.1, 0.15) is 34.7 Å². The third-order valence-electron chi connectivity index (χ3n) is 13.4. The first-order chi connectivity index (χ1) is 30.6. The molecule has 0 radical (unpaired) electrons. The maximum atomic E-state index is 14.3. The molecule has 1 aromatic carbocycles. The fourth-order valence-corrected chi connectivity index (χ4v) is 11.2. The van der Waals surface area contributed by atoms with E-state index >= 15 is 0 Å². The lowest BCUT2D eigenvalue weighted by Crippen LogP contribution is -2.44. The van der Waals surface area contributed by atoms with Gasteiger partial charge in [-0.25, -0.2) is 28.1 Å². The van der Waals surface area contributed by atoms with Crippen LogP contribution >= 0.6 is 11.3 Å². The van der Waals surface area contributed by atoms with Crippen LogP contribution in [0, 0.1) is 17.8 Å². The minimum atomic E-state index is -2.83. The molecule has 10 rings (SSSR count). The number of carbonyl (C=O) groups excluding carboxylic acids is 3. The fraction of sp³-hybridized carbons (Fsp3) is 0.523. The number of ether oxygens (including phenoxy) is 2. The van der Waals surface area contributed by atoms with E-state index < -0.39 is 30.0 Å². The molecule has 1 saturated carbocycles. The summed E-state index contributed by atoms with van der Waals surface area (Å²) in [6.45, 7) is 4.44. The van der Waals surface area contributed by atoms with Crippen molar-refractivity contribution in [3.63, 3.8) is 0 Å². The van der Waals surface area contributed by atoms with E-state index in [1.165, 1.54) is 19.8 Å². The van der Waals surface area contributed by atoms with Crippen molar-refractivity contribution in [2.45, 2.75) is 94.4 Å². The van der Waals surface area contributed by atoms with Crippen molar-refractivity contribution < 1.29 is 32.6 Å². The lowest BCUT2D eigenvalue weighted by atomic mass is 9.82. The van der Waals surface area contributed by atoms with Gasteiger partial charge in [-0.3, -0.25) is 28.8 Å². The summed E-state index contributed by atoms with van der Waals surface area (Å²) in [5, 5.41) is 10.1. The highest BCUT2D eigenvalue weighted by Gasteiger charge is 2.40. The number of anilines is 2. The van der Waals surface area contributed by atoms with E-state index in [1.807, 2.05) is 18.2 Å². The molecule has 0 spiro atoms. The largest absolute Gasteiger partial charge is 0.374 e. The number of imidazole rings is 1. The molecule has 5 aliphatic rings. The second kappa shape index (κ2) is 17.2. The van der Waals surface area contributed by atoms with Gasteiger partial charge in [-0.1, -0.05) is 17.9 Å². The monoisotopic (exact) mass is 882 g/mol. The molecule has 4 aromatic heterocycles. The predicted octanol–water partition coefficient (Wildman–Crippen LogP) is 4.79. The number of hydrogen-bond donors (Lipinski definition) is 2. The zero-order chi connectivity index (χ0) is 43.4. The van der Waals surface area contributed by atoms with Crippen molar-refractivity contribution in [3.05, 3.63) is 69.0 Å². The zero-order valence-corrected chi connectivity index (χ0v) is 35.6. The maximum absolute atomic E-state index is 14.3. The average molecular weight is 883 g/mol. The SMILES string of the molecule is Cn1c(=O)n(C2CCC(=O)NC2=O)c2cccc(C#CCOC3CCN(C[C@H]4CC[C@H](c5nc(C(F)F)c(NC(=O)c6cnn7ccc(N8C[C@H]9C[C@@H]8CO9)nc67)s5)CC4)CC3)c21. The van der Waals surface area contributed by atoms with Gasteiger partial charge in [0, 0.05) is 51.8 Å². The fourth-order valence-electron chi connectivity index (χ4n) is 10.1. The number of thiazole rings is 1. The number of imide groups is 1. The van der Waals surface area contributed by atoms with Crippen molar-refractivity contribution in [3.8, 4) is 11.8 Å². The molecule has 19 heteroatoms. The number of likely N-dealkylation sites (tertiary alicyclic amines) is 1. The molecule has 63 heavy (non-hydrogen) atoms. The highest BCUT2D eigenvalue weighted by molar-refractivity contribution is 7.16. The molecule has 2 N–H and O–H groups in total. The number of morpholine rings is 1. The molecule has 5 aromatic rings. The number of alkyl halides is 2. The Hall–Kier alpha value is -5.55. The number of halogens is 2. The normalized spacial score (nSPS) is 24.4. The van der Waals surface area contributed by atoms with Crippen LogP contribution in [-0.2, 0) is 26.1 Å². The molecule has 16 nitrogen and oxygen atoms in total. The van der Waals surface area contributed by atoms with Gasteiger partial charge in [-0.05, 0) is 75.5 Å². The highest BCUT2D eigenvalue weighted by atomic mass is 32.1. The number of para-hydroxylation sites is 1. The van der Waals surface area contributed by atoms with Crippen LogP contribution in [0.4, 0.5) is 19.6 Å². The Labute approximate surface area is 364 Å². The van der Waals surface area contributed by atoms with Gasteiger partial charge in [0.05, 0.1) is 52.7 Å². The minimum absolute atomic E-state index is 0.0535. The van der Waals surface area contributed by atoms with E-state index in [1.54, 1.807) is 19.3 Å². The Kier molecular flexibility index (Phi) is 11.3. The molecule has 5 fully saturated rings. The Morgan fingerprint density at radius 3 is 2.65 bits per heavy atom. The van der Waals surface area contributed by atoms with Crippen LogP contribution in [0.2, 0.25) is 0 Å². The number of rotatable bonds is 10. The number of hydrogen-bond acceptors (Lipinski definition) is 12. The molecule has 4 saturated heterocycles. The molecule has 1 unspecified atom stereocenters. The topological polar surface area (TPSA) is 170 Å². The predicted molar refractivity (Wildman–Crippen MR) is 229 cm³/mol. The lowest BCUT2D eigenvalue weighted by molar-refractivity contribution is -0.135. The van der Waals surface area contributed by atoms with Gasteiger partial charge >= 0.3 is 5.69 Å². The first kappa shape index (κ1) is 41.5. The summed E-state index contributed by atoms with van der Waals surface area (Å²) in [4.78, 5) is 64.9. The molecule has 1 aliphatic carbocycles.